The van der Waals surface area contributed by atoms with Gasteiger partial charge in [0.1, 0.15) is 6.61 Å². The summed E-state index contributed by atoms with van der Waals surface area (Å²) in [5.41, 5.74) is 0.490. The summed E-state index contributed by atoms with van der Waals surface area (Å²) in [6.45, 7) is 10.9. The number of nitrogens with zero attached hydrogens (tertiary/aromatic N) is 3. The Morgan fingerprint density at radius 2 is 1.86 bits per heavy atom. The van der Waals surface area contributed by atoms with E-state index in [1.807, 2.05) is 0 Å². The molecule has 1 aromatic heterocycles. The highest BCUT2D eigenvalue weighted by Crippen LogP contribution is 2.36. The normalized spacial score (nSPS) is 22.8. The zero-order valence-corrected chi connectivity index (χ0v) is 21.8. The molecule has 0 aliphatic carbocycles. The number of amides is 1. The van der Waals surface area contributed by atoms with E-state index in [0.717, 1.165) is 19.0 Å². The second kappa shape index (κ2) is 9.94. The Labute approximate surface area is 216 Å². The lowest BCUT2D eigenvalue weighted by atomic mass is 9.79. The van der Waals surface area contributed by atoms with Crippen molar-refractivity contribution in [2.45, 2.75) is 63.8 Å². The van der Waals surface area contributed by atoms with Crippen molar-refractivity contribution in [3.63, 3.8) is 0 Å². The minimum absolute atomic E-state index is 0.0610. The van der Waals surface area contributed by atoms with E-state index in [1.165, 1.54) is 0 Å². The van der Waals surface area contributed by atoms with E-state index in [4.69, 9.17) is 14.2 Å². The summed E-state index contributed by atoms with van der Waals surface area (Å²) >= 11 is 0. The topological polar surface area (TPSA) is 110 Å². The van der Waals surface area contributed by atoms with E-state index in [2.05, 4.69) is 53.6 Å². The highest BCUT2D eigenvalue weighted by atomic mass is 19.1. The maximum absolute atomic E-state index is 14.6. The Hall–Kier alpha value is -3.18. The van der Waals surface area contributed by atoms with Crippen LogP contribution in [-0.2, 0) is 9.53 Å². The van der Waals surface area contributed by atoms with Gasteiger partial charge in [0.25, 0.3) is 5.91 Å². The van der Waals surface area contributed by atoms with Crippen LogP contribution in [0.25, 0.3) is 0 Å². The van der Waals surface area contributed by atoms with E-state index < -0.39 is 11.9 Å². The Kier molecular flexibility index (Phi) is 6.84. The second-order valence-electron chi connectivity index (χ2n) is 11.2. The van der Waals surface area contributed by atoms with Gasteiger partial charge in [-0.25, -0.2) is 9.37 Å². The number of ether oxygens (including phenoxy) is 3. The standard InChI is InChI=1S/C26H35FN6O4/c1-25(2)12-17(13-26(3,4)32-25)29-22-18(27)14-28-24(31-22)30-16-5-6-19-20(11-16)36-15-21(37-19)23(34)33-7-9-35-10-8-33/h5-6,11,14,17,21,32H,7-10,12-13,15H2,1-4H3,(H2,28,29,30,31). The third kappa shape index (κ3) is 6.04. The minimum Gasteiger partial charge on any atom is -0.485 e. The number of piperidine rings is 1. The predicted octanol–water partition coefficient (Wildman–Crippen LogP) is 3.08. The highest BCUT2D eigenvalue weighted by molar-refractivity contribution is 5.82. The first-order valence-electron chi connectivity index (χ1n) is 12.7. The average molecular weight is 515 g/mol. The van der Waals surface area contributed by atoms with Gasteiger partial charge in [-0.15, -0.1) is 0 Å². The molecule has 0 bridgehead atoms. The fourth-order valence-corrected chi connectivity index (χ4v) is 5.53. The van der Waals surface area contributed by atoms with Gasteiger partial charge in [0.15, 0.2) is 23.1 Å². The van der Waals surface area contributed by atoms with Crippen molar-refractivity contribution in [3.8, 4) is 11.5 Å². The van der Waals surface area contributed by atoms with E-state index in [-0.39, 0.29) is 41.4 Å². The molecule has 200 valence electrons. The lowest BCUT2D eigenvalue weighted by Gasteiger charge is -2.46. The predicted molar refractivity (Wildman–Crippen MR) is 137 cm³/mol. The molecular formula is C26H35FN6O4. The molecular weight excluding hydrogens is 479 g/mol. The summed E-state index contributed by atoms with van der Waals surface area (Å²) in [5.74, 6) is 0.818. The number of fused-ring (bicyclic) bond motifs is 1. The molecule has 0 radical (unpaired) electrons. The first kappa shape index (κ1) is 25.5. The van der Waals surface area contributed by atoms with Crippen molar-refractivity contribution in [2.75, 3.05) is 43.5 Å². The number of carbonyl (C=O) groups is 1. The van der Waals surface area contributed by atoms with Gasteiger partial charge in [-0.2, -0.15) is 4.98 Å². The number of rotatable bonds is 5. The van der Waals surface area contributed by atoms with E-state index in [9.17, 15) is 9.18 Å². The molecule has 37 heavy (non-hydrogen) atoms. The molecule has 5 rings (SSSR count). The zero-order valence-electron chi connectivity index (χ0n) is 21.8. The zero-order chi connectivity index (χ0) is 26.2. The number of benzene rings is 1. The monoisotopic (exact) mass is 514 g/mol. The molecule has 11 heteroatoms. The molecule has 1 aromatic carbocycles. The summed E-state index contributed by atoms with van der Waals surface area (Å²) in [5, 5.41) is 10.0. The fourth-order valence-electron chi connectivity index (χ4n) is 5.53. The van der Waals surface area contributed by atoms with Crippen LogP contribution in [0.4, 0.5) is 21.8 Å². The van der Waals surface area contributed by atoms with Crippen molar-refractivity contribution < 1.29 is 23.4 Å². The van der Waals surface area contributed by atoms with Crippen LogP contribution in [0, 0.1) is 5.82 Å². The number of carbonyl (C=O) groups excluding carboxylic acids is 1. The SMILES string of the molecule is CC1(C)CC(Nc2nc(Nc3ccc4c(c3)OCC(C(=O)N3CCOCC3)O4)ncc2F)CC(C)(C)N1. The molecule has 2 fully saturated rings. The van der Waals surface area contributed by atoms with Crippen LogP contribution in [0.15, 0.2) is 24.4 Å². The molecule has 3 aliphatic heterocycles. The molecule has 10 nitrogen and oxygen atoms in total. The average Bonchev–Trinajstić information content (AvgIpc) is 2.84. The molecule has 3 N–H and O–H groups in total. The molecule has 2 saturated heterocycles. The third-order valence-electron chi connectivity index (χ3n) is 6.73. The van der Waals surface area contributed by atoms with Crippen molar-refractivity contribution in [3.05, 3.63) is 30.2 Å². The van der Waals surface area contributed by atoms with Crippen LogP contribution in [0.5, 0.6) is 11.5 Å². The summed E-state index contributed by atoms with van der Waals surface area (Å²) in [7, 11) is 0. The molecule has 1 unspecified atom stereocenters. The molecule has 4 heterocycles. The maximum Gasteiger partial charge on any atom is 0.267 e. The Bertz CT molecular complexity index is 1140. The molecule has 0 spiro atoms. The van der Waals surface area contributed by atoms with Gasteiger partial charge < -0.3 is 35.1 Å². The first-order valence-corrected chi connectivity index (χ1v) is 12.7. The van der Waals surface area contributed by atoms with Gasteiger partial charge in [-0.1, -0.05) is 0 Å². The van der Waals surface area contributed by atoms with Crippen molar-refractivity contribution in [1.29, 1.82) is 0 Å². The minimum atomic E-state index is -0.691. The molecule has 0 saturated carbocycles. The fraction of sp³-hybridized carbons (Fsp3) is 0.577. The number of hydrogen-bond donors (Lipinski definition) is 3. The summed E-state index contributed by atoms with van der Waals surface area (Å²) < 4.78 is 31.7. The highest BCUT2D eigenvalue weighted by Gasteiger charge is 2.38. The largest absolute Gasteiger partial charge is 0.485 e. The van der Waals surface area contributed by atoms with Gasteiger partial charge in [0, 0.05) is 42.0 Å². The van der Waals surface area contributed by atoms with E-state index in [1.54, 1.807) is 23.1 Å². The molecule has 2 aromatic rings. The van der Waals surface area contributed by atoms with Crippen LogP contribution in [-0.4, -0.2) is 76.9 Å². The number of aromatic nitrogens is 2. The Morgan fingerprint density at radius 1 is 1.14 bits per heavy atom. The second-order valence-corrected chi connectivity index (χ2v) is 11.2. The number of halogens is 1. The number of hydrogen-bond acceptors (Lipinski definition) is 9. The van der Waals surface area contributed by atoms with Crippen molar-refractivity contribution in [2.24, 2.45) is 0 Å². The van der Waals surface area contributed by atoms with E-state index >= 15 is 0 Å². The summed E-state index contributed by atoms with van der Waals surface area (Å²) in [4.78, 5) is 23.0. The molecule has 1 atom stereocenters. The Balaban J connectivity index is 1.25. The molecule has 3 aliphatic rings. The van der Waals surface area contributed by atoms with E-state index in [0.29, 0.717) is 43.5 Å². The van der Waals surface area contributed by atoms with Gasteiger partial charge in [0.2, 0.25) is 12.1 Å². The van der Waals surface area contributed by atoms with Crippen LogP contribution in [0.1, 0.15) is 40.5 Å². The van der Waals surface area contributed by atoms with Gasteiger partial charge in [-0.3, -0.25) is 4.79 Å². The smallest absolute Gasteiger partial charge is 0.267 e. The van der Waals surface area contributed by atoms with Gasteiger partial charge in [0.05, 0.1) is 19.4 Å². The van der Waals surface area contributed by atoms with Crippen molar-refractivity contribution in [1.82, 2.24) is 20.2 Å². The van der Waals surface area contributed by atoms with Gasteiger partial charge in [-0.05, 0) is 52.7 Å². The Morgan fingerprint density at radius 3 is 2.59 bits per heavy atom. The quantitative estimate of drug-likeness (QED) is 0.555. The van der Waals surface area contributed by atoms with Crippen LogP contribution < -0.4 is 25.4 Å². The van der Waals surface area contributed by atoms with Crippen LogP contribution >= 0.6 is 0 Å². The lowest BCUT2D eigenvalue weighted by Crippen LogP contribution is -2.60. The summed E-state index contributed by atoms with van der Waals surface area (Å²) in [6.07, 6.45) is 2.14. The lowest BCUT2D eigenvalue weighted by molar-refractivity contribution is -0.145. The van der Waals surface area contributed by atoms with Crippen LogP contribution in [0.3, 0.4) is 0 Å². The molecule has 1 amide bonds. The number of nitrogens with one attached hydrogen (secondary N) is 3. The number of anilines is 3. The van der Waals surface area contributed by atoms with Gasteiger partial charge >= 0.3 is 0 Å². The first-order chi connectivity index (χ1) is 17.6. The number of morpholine rings is 1. The van der Waals surface area contributed by atoms with Crippen LogP contribution in [0.2, 0.25) is 0 Å². The van der Waals surface area contributed by atoms with Crippen molar-refractivity contribution >= 4 is 23.4 Å². The maximum atomic E-state index is 14.6. The third-order valence-corrected chi connectivity index (χ3v) is 6.73. The summed E-state index contributed by atoms with van der Waals surface area (Å²) in [6, 6.07) is 5.33.